The van der Waals surface area contributed by atoms with Crippen LogP contribution in [0, 0.1) is 5.92 Å². The monoisotopic (exact) mass is 295 g/mol. The van der Waals surface area contributed by atoms with Crippen molar-refractivity contribution in [2.45, 2.75) is 32.1 Å². The molecule has 0 saturated heterocycles. The van der Waals surface area contributed by atoms with Crippen LogP contribution in [0.5, 0.6) is 5.75 Å². The first-order valence-electron chi connectivity index (χ1n) is 7.40. The summed E-state index contributed by atoms with van der Waals surface area (Å²) in [6, 6.07) is 5.25. The number of esters is 1. The number of hydrogen-bond donors (Lipinski definition) is 1. The van der Waals surface area contributed by atoms with E-state index in [1.165, 1.54) is 0 Å². The molecule has 1 atom stereocenters. The molecule has 2 rings (SSSR count). The molecule has 116 valence electrons. The van der Waals surface area contributed by atoms with Gasteiger partial charge in [0.25, 0.3) is 0 Å². The maximum absolute atomic E-state index is 12.2. The van der Waals surface area contributed by atoms with Crippen molar-refractivity contribution in [2.24, 2.45) is 5.92 Å². The van der Waals surface area contributed by atoms with Gasteiger partial charge in [0.1, 0.15) is 19.0 Å². The summed E-state index contributed by atoms with van der Waals surface area (Å²) in [6.45, 7) is 1.54. The molecule has 0 spiro atoms. The van der Waals surface area contributed by atoms with Crippen LogP contribution < -0.4 is 10.5 Å². The predicted octanol–water partition coefficient (Wildman–Crippen LogP) is 3.06. The number of ether oxygens (including phenoxy) is 2. The van der Waals surface area contributed by atoms with E-state index < -0.39 is 6.67 Å². The molecule has 2 N–H and O–H groups in total. The first-order chi connectivity index (χ1) is 10.2. The molecule has 5 heteroatoms. The molecule has 0 aliphatic heterocycles. The van der Waals surface area contributed by atoms with Crippen molar-refractivity contribution < 1.29 is 18.7 Å². The van der Waals surface area contributed by atoms with Crippen molar-refractivity contribution in [1.29, 1.82) is 0 Å². The van der Waals surface area contributed by atoms with Crippen LogP contribution >= 0.6 is 0 Å². The third kappa shape index (κ3) is 4.34. The highest BCUT2D eigenvalue weighted by Gasteiger charge is 2.31. The second kappa shape index (κ2) is 7.29. The topological polar surface area (TPSA) is 61.5 Å². The van der Waals surface area contributed by atoms with Gasteiger partial charge in [-0.1, -0.05) is 18.9 Å². The Balaban J connectivity index is 2.19. The molecule has 21 heavy (non-hydrogen) atoms. The largest absolute Gasteiger partial charge is 0.489 e. The van der Waals surface area contributed by atoms with Gasteiger partial charge in [-0.15, -0.1) is 0 Å². The summed E-state index contributed by atoms with van der Waals surface area (Å²) in [5.41, 5.74) is 7.08. The van der Waals surface area contributed by atoms with Crippen molar-refractivity contribution in [1.82, 2.24) is 0 Å². The number of halogens is 1. The molecular formula is C16H22FNO3. The molecule has 0 radical (unpaired) electrons. The Labute approximate surface area is 124 Å². The summed E-state index contributed by atoms with van der Waals surface area (Å²) in [4.78, 5) is 12.2. The number of nitrogens with two attached hydrogens (primary N) is 1. The zero-order valence-electron chi connectivity index (χ0n) is 12.3. The number of hydrogen-bond acceptors (Lipinski definition) is 4. The van der Waals surface area contributed by atoms with Gasteiger partial charge >= 0.3 is 5.97 Å². The average Bonchev–Trinajstić information content (AvgIpc) is 3.28. The zero-order valence-corrected chi connectivity index (χ0v) is 12.3. The van der Waals surface area contributed by atoms with Gasteiger partial charge in [-0.25, -0.2) is 4.39 Å². The quantitative estimate of drug-likeness (QED) is 0.591. The summed E-state index contributed by atoms with van der Waals surface area (Å²) in [5, 5.41) is 0. The molecule has 1 unspecified atom stereocenters. The number of benzene rings is 1. The van der Waals surface area contributed by atoms with Gasteiger partial charge in [-0.05, 0) is 37.0 Å². The average molecular weight is 295 g/mol. The number of carbonyl (C=O) groups excluding carboxylic acids is 1. The van der Waals surface area contributed by atoms with Gasteiger partial charge in [-0.2, -0.15) is 0 Å². The predicted molar refractivity (Wildman–Crippen MR) is 79.0 cm³/mol. The molecule has 1 aliphatic rings. The molecule has 0 heterocycles. The van der Waals surface area contributed by atoms with E-state index in [4.69, 9.17) is 15.2 Å². The number of carbonyl (C=O) groups is 1. The number of nitrogen functional groups attached to an aromatic ring is 1. The fraction of sp³-hybridized carbons (Fsp3) is 0.562. The highest BCUT2D eigenvalue weighted by molar-refractivity contribution is 5.79. The molecule has 1 aromatic carbocycles. The van der Waals surface area contributed by atoms with Gasteiger partial charge in [0.05, 0.1) is 18.2 Å². The summed E-state index contributed by atoms with van der Waals surface area (Å²) < 4.78 is 22.7. The van der Waals surface area contributed by atoms with Crippen LogP contribution in [-0.2, 0) is 9.53 Å². The van der Waals surface area contributed by atoms with Gasteiger partial charge in [0, 0.05) is 0 Å². The summed E-state index contributed by atoms with van der Waals surface area (Å²) in [6.07, 6.45) is 3.11. The third-order valence-corrected chi connectivity index (χ3v) is 3.61. The first-order valence-corrected chi connectivity index (χ1v) is 7.40. The highest BCUT2D eigenvalue weighted by atomic mass is 19.1. The van der Waals surface area contributed by atoms with E-state index in [0.717, 1.165) is 24.8 Å². The smallest absolute Gasteiger partial charge is 0.313 e. The Kier molecular flexibility index (Phi) is 5.42. The lowest BCUT2D eigenvalue weighted by Crippen LogP contribution is -2.17. The van der Waals surface area contributed by atoms with Gasteiger partial charge in [-0.3, -0.25) is 4.79 Å². The van der Waals surface area contributed by atoms with Gasteiger partial charge < -0.3 is 15.2 Å². The molecule has 4 nitrogen and oxygen atoms in total. The van der Waals surface area contributed by atoms with Gasteiger partial charge in [0.2, 0.25) is 0 Å². The molecule has 1 aliphatic carbocycles. The van der Waals surface area contributed by atoms with E-state index in [-0.39, 0.29) is 18.5 Å². The maximum atomic E-state index is 12.2. The van der Waals surface area contributed by atoms with Crippen molar-refractivity contribution in [3.63, 3.8) is 0 Å². The minimum Gasteiger partial charge on any atom is -0.489 e. The SMILES string of the molecule is CCOC(=O)C(CC1CC1)c1ccc(N)c(OCCF)c1. The third-order valence-electron chi connectivity index (χ3n) is 3.61. The molecule has 1 aromatic rings. The highest BCUT2D eigenvalue weighted by Crippen LogP contribution is 2.40. The fourth-order valence-corrected chi connectivity index (χ4v) is 2.34. The standard InChI is InChI=1S/C16H22FNO3/c1-2-20-16(19)13(9-11-3-4-11)12-5-6-14(18)15(10-12)21-8-7-17/h5-6,10-11,13H,2-4,7-9,18H2,1H3. The van der Waals surface area contributed by atoms with Crippen molar-refractivity contribution in [3.05, 3.63) is 23.8 Å². The minimum atomic E-state index is -0.576. The summed E-state index contributed by atoms with van der Waals surface area (Å²) in [7, 11) is 0. The number of alkyl halides is 1. The van der Waals surface area contributed by atoms with E-state index in [0.29, 0.717) is 24.0 Å². The van der Waals surface area contributed by atoms with Crippen molar-refractivity contribution in [2.75, 3.05) is 25.6 Å². The Hall–Kier alpha value is -1.78. The Morgan fingerprint density at radius 2 is 2.24 bits per heavy atom. The summed E-state index contributed by atoms with van der Waals surface area (Å²) in [5.74, 6) is 0.499. The Bertz CT molecular complexity index is 488. The van der Waals surface area contributed by atoms with E-state index in [9.17, 15) is 9.18 Å². The van der Waals surface area contributed by atoms with E-state index in [1.54, 1.807) is 19.1 Å². The van der Waals surface area contributed by atoms with Crippen LogP contribution in [0.4, 0.5) is 10.1 Å². The van der Waals surface area contributed by atoms with Crippen LogP contribution in [0.15, 0.2) is 18.2 Å². The van der Waals surface area contributed by atoms with Crippen molar-refractivity contribution in [3.8, 4) is 5.75 Å². The van der Waals surface area contributed by atoms with Crippen LogP contribution in [0.25, 0.3) is 0 Å². The fourth-order valence-electron chi connectivity index (χ4n) is 2.34. The van der Waals surface area contributed by atoms with E-state index in [2.05, 4.69) is 0 Å². The lowest BCUT2D eigenvalue weighted by Gasteiger charge is -2.17. The van der Waals surface area contributed by atoms with Gasteiger partial charge in [0.15, 0.2) is 0 Å². The molecular weight excluding hydrogens is 273 g/mol. The zero-order chi connectivity index (χ0) is 15.2. The van der Waals surface area contributed by atoms with Crippen LogP contribution in [0.2, 0.25) is 0 Å². The summed E-state index contributed by atoms with van der Waals surface area (Å²) >= 11 is 0. The Morgan fingerprint density at radius 3 is 2.86 bits per heavy atom. The van der Waals surface area contributed by atoms with Crippen molar-refractivity contribution >= 4 is 11.7 Å². The number of rotatable bonds is 8. The second-order valence-corrected chi connectivity index (χ2v) is 5.32. The maximum Gasteiger partial charge on any atom is 0.313 e. The lowest BCUT2D eigenvalue weighted by molar-refractivity contribution is -0.145. The molecule has 0 aromatic heterocycles. The van der Waals surface area contributed by atoms with E-state index in [1.807, 2.05) is 6.07 Å². The second-order valence-electron chi connectivity index (χ2n) is 5.32. The molecule has 1 saturated carbocycles. The normalized spacial score (nSPS) is 15.5. The van der Waals surface area contributed by atoms with E-state index >= 15 is 0 Å². The lowest BCUT2D eigenvalue weighted by atomic mass is 9.93. The molecule has 1 fully saturated rings. The Morgan fingerprint density at radius 1 is 1.48 bits per heavy atom. The first kappa shape index (κ1) is 15.6. The van der Waals surface area contributed by atoms with Crippen LogP contribution in [0.1, 0.15) is 37.7 Å². The minimum absolute atomic E-state index is 0.0413. The van der Waals surface area contributed by atoms with Crippen LogP contribution in [0.3, 0.4) is 0 Å². The molecule has 0 amide bonds. The number of anilines is 1. The molecule has 0 bridgehead atoms. The van der Waals surface area contributed by atoms with Crippen LogP contribution in [-0.4, -0.2) is 25.9 Å².